The lowest BCUT2D eigenvalue weighted by Gasteiger charge is -2.41. The van der Waals surface area contributed by atoms with Crippen molar-refractivity contribution >= 4 is 8.53 Å². The summed E-state index contributed by atoms with van der Waals surface area (Å²) in [6, 6.07) is 2.33. The van der Waals surface area contributed by atoms with E-state index in [1.54, 1.807) is 6.92 Å². The largest absolute Gasteiger partial charge is 0.374 e. The van der Waals surface area contributed by atoms with Crippen molar-refractivity contribution in [2.45, 2.75) is 71.9 Å². The molecule has 0 bridgehead atoms. The molecule has 174 valence electrons. The van der Waals surface area contributed by atoms with Gasteiger partial charge >= 0.3 is 5.69 Å². The van der Waals surface area contributed by atoms with Crippen LogP contribution in [0.3, 0.4) is 0 Å². The number of ether oxygens (including phenoxy) is 2. The van der Waals surface area contributed by atoms with Gasteiger partial charge in [0.1, 0.15) is 5.60 Å². The van der Waals surface area contributed by atoms with Gasteiger partial charge < -0.3 is 18.5 Å². The highest BCUT2D eigenvalue weighted by Crippen LogP contribution is 2.47. The van der Waals surface area contributed by atoms with Gasteiger partial charge in [-0.05, 0) is 41.5 Å². The zero-order valence-corrected chi connectivity index (χ0v) is 19.7. The van der Waals surface area contributed by atoms with E-state index < -0.39 is 31.6 Å². The van der Waals surface area contributed by atoms with Crippen LogP contribution in [0.1, 0.15) is 54.2 Å². The molecule has 0 saturated carbocycles. The minimum Gasteiger partial charge on any atom is -0.374 e. The third kappa shape index (κ3) is 6.94. The van der Waals surface area contributed by atoms with Crippen LogP contribution in [0.4, 0.5) is 0 Å². The van der Waals surface area contributed by atoms with Crippen molar-refractivity contribution in [3.05, 3.63) is 32.6 Å². The highest BCUT2D eigenvalue weighted by atomic mass is 31.2. The van der Waals surface area contributed by atoms with Crippen molar-refractivity contribution in [2.75, 3.05) is 26.4 Å². The Morgan fingerprint density at radius 3 is 2.74 bits per heavy atom. The predicted molar refractivity (Wildman–Crippen MR) is 117 cm³/mol. The molecule has 1 fully saturated rings. The lowest BCUT2D eigenvalue weighted by molar-refractivity contribution is -0.227. The maximum absolute atomic E-state index is 12.3. The van der Waals surface area contributed by atoms with Crippen LogP contribution >= 0.6 is 8.53 Å². The van der Waals surface area contributed by atoms with E-state index in [1.165, 1.54) is 10.8 Å². The molecule has 1 aromatic rings. The van der Waals surface area contributed by atoms with Crippen LogP contribution in [-0.4, -0.2) is 58.3 Å². The van der Waals surface area contributed by atoms with Crippen LogP contribution in [0.5, 0.6) is 0 Å². The zero-order valence-electron chi connectivity index (χ0n) is 19.8. The molecule has 0 radical (unpaired) electrons. The van der Waals surface area contributed by atoms with Gasteiger partial charge in [-0.3, -0.25) is 14.3 Å². The van der Waals surface area contributed by atoms with E-state index in [4.69, 9.17) is 25.2 Å². The first kappa shape index (κ1) is 24.1. The summed E-state index contributed by atoms with van der Waals surface area (Å²) in [5, 5.41) is 8.86. The third-order valence-corrected chi connectivity index (χ3v) is 6.62. The molecule has 0 aromatic carbocycles. The molecular formula is C20H33N4O6P. The Balaban J connectivity index is 2.21. The summed E-state index contributed by atoms with van der Waals surface area (Å²) >= 11 is 0. The summed E-state index contributed by atoms with van der Waals surface area (Å²) in [5.74, 6) is 0. The topological polar surface area (TPSA) is 119 Å². The number of hydrogen-bond donors (Lipinski definition) is 1. The van der Waals surface area contributed by atoms with Crippen LogP contribution in [0.2, 0.25) is 0 Å². The number of aromatic amines is 1. The molecule has 1 unspecified atom stereocenters. The second-order valence-electron chi connectivity index (χ2n) is 8.07. The number of aromatic nitrogens is 2. The summed E-state index contributed by atoms with van der Waals surface area (Å²) in [4.78, 5) is 26.2. The van der Waals surface area contributed by atoms with Gasteiger partial charge in [0.25, 0.3) is 14.1 Å². The number of nitrogens with zero attached hydrogens (tertiary/aromatic N) is 3. The molecule has 1 N–H and O–H groups in total. The van der Waals surface area contributed by atoms with Gasteiger partial charge in [-0.1, -0.05) is 0 Å². The van der Waals surface area contributed by atoms with Crippen molar-refractivity contribution in [1.29, 1.82) is 5.26 Å². The Kier molecular flexibility index (Phi) is 8.78. The van der Waals surface area contributed by atoms with Crippen molar-refractivity contribution < 1.29 is 19.9 Å². The van der Waals surface area contributed by atoms with Crippen LogP contribution < -0.4 is 11.2 Å². The van der Waals surface area contributed by atoms with Crippen LogP contribution in [0.15, 0.2) is 15.8 Å². The van der Waals surface area contributed by atoms with E-state index in [1.807, 2.05) is 27.7 Å². The van der Waals surface area contributed by atoms with Crippen molar-refractivity contribution in [3.63, 3.8) is 0 Å². The average Bonchev–Trinajstić information content (AvgIpc) is 2.74. The molecular weight excluding hydrogens is 423 g/mol. The molecule has 1 aliphatic heterocycles. The van der Waals surface area contributed by atoms with Gasteiger partial charge in [0, 0.05) is 25.2 Å². The molecule has 31 heavy (non-hydrogen) atoms. The third-order valence-electron chi connectivity index (χ3n) is 4.57. The fourth-order valence-corrected chi connectivity index (χ4v) is 4.89. The van der Waals surface area contributed by atoms with Gasteiger partial charge in [0.05, 0.1) is 38.9 Å². The first-order valence-electron chi connectivity index (χ1n) is 10.9. The SMILES string of the molecule is [2H]C[C@@]1(COP(OCCC#N)N(C(C)C)C(C)C)COC[C@H](n2cc(C)c(=O)[nH]c2=O)O1. The Morgan fingerprint density at radius 2 is 2.13 bits per heavy atom. The van der Waals surface area contributed by atoms with E-state index in [9.17, 15) is 9.59 Å². The number of H-pyrrole nitrogens is 1. The number of aryl methyl sites for hydroxylation is 1. The first-order chi connectivity index (χ1) is 15.1. The molecule has 0 spiro atoms. The number of nitriles is 1. The summed E-state index contributed by atoms with van der Waals surface area (Å²) in [6.07, 6.45) is 0.858. The standard InChI is InChI=1S/C20H33N4O6P/c1-14(2)24(15(3)4)31(28-9-7-8-21)29-13-20(6)12-27-11-17(30-20)23-10-16(5)18(25)22-19(23)26/h10,14-15,17H,7,9,11-13H2,1-6H3,(H,22,25,26)/t17-,20+,31?/m1/s1/i6D. The predicted octanol–water partition coefficient (Wildman–Crippen LogP) is 2.44. The molecule has 0 amide bonds. The van der Waals surface area contributed by atoms with E-state index in [2.05, 4.69) is 15.7 Å². The fraction of sp³-hybridized carbons (Fsp3) is 0.750. The van der Waals surface area contributed by atoms with E-state index in [0.717, 1.165) is 0 Å². The molecule has 1 aliphatic rings. The van der Waals surface area contributed by atoms with Crippen LogP contribution in [0, 0.1) is 18.3 Å². The zero-order chi connectivity index (χ0) is 23.9. The summed E-state index contributed by atoms with van der Waals surface area (Å²) in [5.41, 5.74) is -1.82. The van der Waals surface area contributed by atoms with E-state index >= 15 is 0 Å². The Hall–Kier alpha value is -1.60. The lowest BCUT2D eigenvalue weighted by atomic mass is 10.1. The molecule has 10 nitrogen and oxygen atoms in total. The molecule has 1 saturated heterocycles. The number of rotatable bonds is 10. The summed E-state index contributed by atoms with van der Waals surface area (Å²) in [6.45, 7) is 10.0. The smallest absolute Gasteiger partial charge is 0.330 e. The highest BCUT2D eigenvalue weighted by Gasteiger charge is 2.38. The van der Waals surface area contributed by atoms with Crippen molar-refractivity contribution in [1.82, 2.24) is 14.2 Å². The molecule has 2 rings (SSSR count). The Bertz CT molecular complexity index is 893. The van der Waals surface area contributed by atoms with Crippen LogP contribution in [0.25, 0.3) is 0 Å². The number of hydrogen-bond acceptors (Lipinski definition) is 8. The average molecular weight is 457 g/mol. The quantitative estimate of drug-likeness (QED) is 0.420. The van der Waals surface area contributed by atoms with Gasteiger partial charge in [-0.15, -0.1) is 0 Å². The van der Waals surface area contributed by atoms with Crippen molar-refractivity contribution in [3.8, 4) is 6.07 Å². The maximum atomic E-state index is 12.3. The minimum atomic E-state index is -1.51. The molecule has 11 heteroatoms. The molecule has 0 aliphatic carbocycles. The summed E-state index contributed by atoms with van der Waals surface area (Å²) in [7, 11) is -1.51. The monoisotopic (exact) mass is 457 g/mol. The van der Waals surface area contributed by atoms with Gasteiger partial charge in [-0.25, -0.2) is 9.46 Å². The minimum absolute atomic E-state index is 0.0122. The normalized spacial score (nSPS) is 23.2. The molecule has 3 atom stereocenters. The molecule has 2 heterocycles. The second kappa shape index (κ2) is 11.3. The highest BCUT2D eigenvalue weighted by molar-refractivity contribution is 7.44. The first-order valence-corrected chi connectivity index (χ1v) is 11.3. The maximum Gasteiger partial charge on any atom is 0.330 e. The second-order valence-corrected chi connectivity index (χ2v) is 9.52. The van der Waals surface area contributed by atoms with Crippen molar-refractivity contribution in [2.24, 2.45) is 0 Å². The Morgan fingerprint density at radius 1 is 1.42 bits per heavy atom. The van der Waals surface area contributed by atoms with Crippen LogP contribution in [-0.2, 0) is 18.5 Å². The summed E-state index contributed by atoms with van der Waals surface area (Å²) < 4.78 is 35.3. The van der Waals surface area contributed by atoms with E-state index in [-0.39, 0.29) is 51.8 Å². The van der Waals surface area contributed by atoms with Gasteiger partial charge in [0.15, 0.2) is 6.23 Å². The van der Waals surface area contributed by atoms with Gasteiger partial charge in [-0.2, -0.15) is 5.26 Å². The fourth-order valence-electron chi connectivity index (χ4n) is 3.20. The lowest BCUT2D eigenvalue weighted by Crippen LogP contribution is -2.49. The number of nitrogens with one attached hydrogen (secondary N) is 1. The van der Waals surface area contributed by atoms with Gasteiger partial charge in [0.2, 0.25) is 0 Å². The molecule has 1 aromatic heterocycles. The Labute approximate surface area is 185 Å². The van der Waals surface area contributed by atoms with E-state index in [0.29, 0.717) is 5.56 Å².